The zero-order chi connectivity index (χ0) is 23.4. The molecule has 0 saturated carbocycles. The molecule has 33 heavy (non-hydrogen) atoms. The number of hydrogen-bond acceptors (Lipinski definition) is 5. The summed E-state index contributed by atoms with van der Waals surface area (Å²) in [6.45, 7) is 2.19. The fourth-order valence-electron chi connectivity index (χ4n) is 5.05. The van der Waals surface area contributed by atoms with Crippen LogP contribution in [-0.2, 0) is 21.2 Å². The Balaban J connectivity index is 1.41. The number of para-hydroxylation sites is 1. The predicted molar refractivity (Wildman–Crippen MR) is 126 cm³/mol. The summed E-state index contributed by atoms with van der Waals surface area (Å²) in [5, 5.41) is 0. The zero-order valence-corrected chi connectivity index (χ0v) is 20.1. The molecular formula is C25H32N2O5S. The molecule has 2 aromatic carbocycles. The van der Waals surface area contributed by atoms with Crippen molar-refractivity contribution in [2.75, 3.05) is 40.4 Å². The van der Waals surface area contributed by atoms with Crippen LogP contribution in [0.1, 0.15) is 24.8 Å². The number of carbonyl (C=O) groups excluding carboxylic acids is 1. The average molecular weight is 473 g/mol. The molecule has 0 spiro atoms. The number of fused-ring (bicyclic) bond motifs is 1. The second-order valence-electron chi connectivity index (χ2n) is 8.76. The Labute approximate surface area is 196 Å². The van der Waals surface area contributed by atoms with Crippen molar-refractivity contribution in [3.05, 3.63) is 54.1 Å². The van der Waals surface area contributed by atoms with Crippen LogP contribution in [0.5, 0.6) is 11.5 Å². The van der Waals surface area contributed by atoms with Crippen molar-refractivity contribution in [1.29, 1.82) is 0 Å². The largest absolute Gasteiger partial charge is 0.493 e. The van der Waals surface area contributed by atoms with Gasteiger partial charge < -0.3 is 14.4 Å². The van der Waals surface area contributed by atoms with E-state index < -0.39 is 10.0 Å². The van der Waals surface area contributed by atoms with E-state index in [9.17, 15) is 13.2 Å². The fourth-order valence-corrected chi connectivity index (χ4v) is 6.58. The van der Waals surface area contributed by atoms with Gasteiger partial charge in [-0.1, -0.05) is 30.3 Å². The topological polar surface area (TPSA) is 76.2 Å². The number of hydrogen-bond donors (Lipinski definition) is 0. The molecular weight excluding hydrogens is 440 g/mol. The number of methoxy groups -OCH3 is 2. The summed E-state index contributed by atoms with van der Waals surface area (Å²) in [6, 6.07) is 14.4. The number of amides is 1. The molecule has 2 unspecified atom stereocenters. The second kappa shape index (κ2) is 10.1. The maximum absolute atomic E-state index is 13.1. The van der Waals surface area contributed by atoms with Gasteiger partial charge in [0, 0.05) is 32.6 Å². The third-order valence-electron chi connectivity index (χ3n) is 6.93. The Morgan fingerprint density at radius 2 is 1.70 bits per heavy atom. The van der Waals surface area contributed by atoms with Gasteiger partial charge in [0.2, 0.25) is 15.9 Å². The van der Waals surface area contributed by atoms with Gasteiger partial charge in [-0.05, 0) is 54.9 Å². The van der Waals surface area contributed by atoms with Gasteiger partial charge in [0.05, 0.1) is 19.1 Å². The first-order chi connectivity index (χ1) is 15.9. The van der Waals surface area contributed by atoms with Crippen LogP contribution in [0.2, 0.25) is 0 Å². The second-order valence-corrected chi connectivity index (χ2v) is 10.7. The highest BCUT2D eigenvalue weighted by Gasteiger charge is 2.38. The van der Waals surface area contributed by atoms with Gasteiger partial charge in [0.25, 0.3) is 0 Å². The van der Waals surface area contributed by atoms with Gasteiger partial charge >= 0.3 is 0 Å². The van der Waals surface area contributed by atoms with Crippen molar-refractivity contribution in [2.45, 2.75) is 30.6 Å². The Hall–Kier alpha value is -2.58. The van der Waals surface area contributed by atoms with E-state index in [-0.39, 0.29) is 17.7 Å². The molecule has 2 aliphatic rings. The lowest BCUT2D eigenvalue weighted by Gasteiger charge is -2.36. The number of sulfonamides is 1. The molecule has 0 aliphatic carbocycles. The van der Waals surface area contributed by atoms with Gasteiger partial charge in [-0.15, -0.1) is 0 Å². The highest BCUT2D eigenvalue weighted by atomic mass is 32.2. The van der Waals surface area contributed by atoms with E-state index in [0.29, 0.717) is 55.4 Å². The van der Waals surface area contributed by atoms with Gasteiger partial charge in [0.1, 0.15) is 0 Å². The summed E-state index contributed by atoms with van der Waals surface area (Å²) in [7, 11) is -0.266. The predicted octanol–water partition coefficient (Wildman–Crippen LogP) is 3.20. The Morgan fingerprint density at radius 3 is 2.42 bits per heavy atom. The summed E-state index contributed by atoms with van der Waals surface area (Å²) < 4.78 is 38.7. The highest BCUT2D eigenvalue weighted by Crippen LogP contribution is 2.35. The molecule has 2 heterocycles. The quantitative estimate of drug-likeness (QED) is 0.619. The number of ether oxygens (including phenoxy) is 2. The first-order valence-corrected chi connectivity index (χ1v) is 12.9. The fraction of sp³-hybridized carbons (Fsp3) is 0.480. The monoisotopic (exact) mass is 472 g/mol. The van der Waals surface area contributed by atoms with E-state index in [1.54, 1.807) is 42.8 Å². The summed E-state index contributed by atoms with van der Waals surface area (Å²) in [6.07, 6.45) is 2.70. The van der Waals surface area contributed by atoms with E-state index in [2.05, 4.69) is 0 Å². The molecule has 2 aromatic rings. The van der Waals surface area contributed by atoms with Crippen LogP contribution in [0, 0.1) is 11.8 Å². The Bertz CT molecular complexity index is 1070. The zero-order valence-electron chi connectivity index (χ0n) is 19.3. The molecule has 4 rings (SSSR count). The average Bonchev–Trinajstić information content (AvgIpc) is 3.00. The normalized spacial score (nSPS) is 21.9. The van der Waals surface area contributed by atoms with Crippen LogP contribution in [0.3, 0.4) is 0 Å². The van der Waals surface area contributed by atoms with Crippen molar-refractivity contribution in [3.63, 3.8) is 0 Å². The Morgan fingerprint density at radius 1 is 0.939 bits per heavy atom. The molecule has 1 amide bonds. The number of nitrogens with zero attached hydrogens (tertiary/aromatic N) is 2. The SMILES string of the molecule is COc1cccc(CCN2CCC3CN(S(=O)(=O)c4ccccc4)CCC3CC2=O)c1OC. The van der Waals surface area contributed by atoms with Crippen molar-refractivity contribution in [3.8, 4) is 11.5 Å². The molecule has 0 aromatic heterocycles. The first-order valence-electron chi connectivity index (χ1n) is 11.5. The van der Waals surface area contributed by atoms with E-state index in [1.165, 1.54) is 0 Å². The smallest absolute Gasteiger partial charge is 0.243 e. The van der Waals surface area contributed by atoms with Crippen molar-refractivity contribution in [2.24, 2.45) is 11.8 Å². The van der Waals surface area contributed by atoms with Crippen molar-refractivity contribution < 1.29 is 22.7 Å². The summed E-state index contributed by atoms with van der Waals surface area (Å²) >= 11 is 0. The molecule has 2 atom stereocenters. The minimum Gasteiger partial charge on any atom is -0.493 e. The van der Waals surface area contributed by atoms with Crippen LogP contribution in [-0.4, -0.2) is 63.9 Å². The molecule has 2 aliphatic heterocycles. The van der Waals surface area contributed by atoms with Crippen LogP contribution in [0.15, 0.2) is 53.4 Å². The minimum absolute atomic E-state index is 0.156. The third-order valence-corrected chi connectivity index (χ3v) is 8.81. The Kier molecular flexibility index (Phi) is 7.24. The molecule has 178 valence electrons. The minimum atomic E-state index is -3.50. The lowest BCUT2D eigenvalue weighted by atomic mass is 9.83. The molecule has 0 radical (unpaired) electrons. The number of carbonyl (C=O) groups is 1. The standard InChI is InChI=1S/C25H32N2O5S/c1-31-23-10-6-7-19(25(23)32-2)11-14-26-15-12-21-18-27(16-13-20(21)17-24(26)28)33(29,30)22-8-4-3-5-9-22/h3-10,20-21H,11-18H2,1-2H3. The summed E-state index contributed by atoms with van der Waals surface area (Å²) in [4.78, 5) is 15.3. The van der Waals surface area contributed by atoms with Gasteiger partial charge in [-0.3, -0.25) is 4.79 Å². The van der Waals surface area contributed by atoms with Crippen molar-refractivity contribution in [1.82, 2.24) is 9.21 Å². The van der Waals surface area contributed by atoms with Crippen LogP contribution < -0.4 is 9.47 Å². The summed E-state index contributed by atoms with van der Waals surface area (Å²) in [5.74, 6) is 1.97. The van der Waals surface area contributed by atoms with Gasteiger partial charge in [-0.2, -0.15) is 4.31 Å². The van der Waals surface area contributed by atoms with Gasteiger partial charge in [0.15, 0.2) is 11.5 Å². The van der Waals surface area contributed by atoms with E-state index >= 15 is 0 Å². The molecule has 0 N–H and O–H groups in total. The van der Waals surface area contributed by atoms with Crippen LogP contribution in [0.25, 0.3) is 0 Å². The number of rotatable bonds is 7. The molecule has 8 heteroatoms. The molecule has 2 fully saturated rings. The van der Waals surface area contributed by atoms with E-state index in [1.807, 2.05) is 29.2 Å². The third kappa shape index (κ3) is 5.01. The lowest BCUT2D eigenvalue weighted by molar-refractivity contribution is -0.131. The van der Waals surface area contributed by atoms with Crippen LogP contribution in [0.4, 0.5) is 0 Å². The number of likely N-dealkylation sites (tertiary alicyclic amines) is 1. The number of piperidine rings is 1. The maximum Gasteiger partial charge on any atom is 0.243 e. The van der Waals surface area contributed by atoms with E-state index in [4.69, 9.17) is 9.47 Å². The highest BCUT2D eigenvalue weighted by molar-refractivity contribution is 7.89. The van der Waals surface area contributed by atoms with Crippen LogP contribution >= 0.6 is 0 Å². The molecule has 7 nitrogen and oxygen atoms in total. The molecule has 0 bridgehead atoms. The first kappa shape index (κ1) is 23.6. The van der Waals surface area contributed by atoms with E-state index in [0.717, 1.165) is 18.4 Å². The summed E-state index contributed by atoms with van der Waals surface area (Å²) in [5.41, 5.74) is 1.01. The lowest BCUT2D eigenvalue weighted by Crippen LogP contribution is -2.43. The number of benzene rings is 2. The maximum atomic E-state index is 13.1. The van der Waals surface area contributed by atoms with Crippen molar-refractivity contribution >= 4 is 15.9 Å². The van der Waals surface area contributed by atoms with Gasteiger partial charge in [-0.25, -0.2) is 8.42 Å². The molecule has 2 saturated heterocycles.